The smallest absolute Gasteiger partial charge is 0.270 e. The zero-order valence-corrected chi connectivity index (χ0v) is 28.6. The van der Waals surface area contributed by atoms with Crippen molar-refractivity contribution >= 4 is 51.9 Å². The third kappa shape index (κ3) is 6.16. The second-order valence-electron chi connectivity index (χ2n) is 13.7. The van der Waals surface area contributed by atoms with Gasteiger partial charge in [-0.25, -0.2) is 4.98 Å². The predicted octanol–water partition coefficient (Wildman–Crippen LogP) is 1.22. The minimum Gasteiger partial charge on any atom is -0.368 e. The Hall–Kier alpha value is -5.96. The van der Waals surface area contributed by atoms with E-state index in [1.807, 2.05) is 36.2 Å². The summed E-state index contributed by atoms with van der Waals surface area (Å²) in [6.07, 6.45) is 4.43. The lowest BCUT2D eigenvalue weighted by atomic mass is 10.0. The Labute approximate surface area is 298 Å². The van der Waals surface area contributed by atoms with Gasteiger partial charge < -0.3 is 20.1 Å². The number of hydrogen-bond donors (Lipinski definition) is 3. The summed E-state index contributed by atoms with van der Waals surface area (Å²) in [7, 11) is 0. The first kappa shape index (κ1) is 33.2. The van der Waals surface area contributed by atoms with Crippen LogP contribution in [-0.4, -0.2) is 106 Å². The summed E-state index contributed by atoms with van der Waals surface area (Å²) in [5, 5.41) is 5.22. The molecule has 0 saturated carbocycles. The number of benzene rings is 1. The van der Waals surface area contributed by atoms with Crippen molar-refractivity contribution in [2.24, 2.45) is 0 Å². The quantitative estimate of drug-likeness (QED) is 0.225. The molecule has 0 radical (unpaired) electrons. The van der Waals surface area contributed by atoms with Crippen molar-refractivity contribution in [3.8, 4) is 0 Å². The molecule has 0 bridgehead atoms. The molecule has 266 valence electrons. The number of carbonyl (C=O) groups excluding carboxylic acids is 5. The van der Waals surface area contributed by atoms with E-state index in [4.69, 9.17) is 0 Å². The van der Waals surface area contributed by atoms with E-state index in [0.29, 0.717) is 25.2 Å². The van der Waals surface area contributed by atoms with Crippen molar-refractivity contribution in [2.45, 2.75) is 44.8 Å². The first-order valence-electron chi connectivity index (χ1n) is 17.5. The fraction of sp³-hybridized carbons (Fsp3) is 0.351. The number of nitrogens with one attached hydrogen (secondary N) is 3. The average Bonchev–Trinajstić information content (AvgIpc) is 3.37. The molecule has 4 aliphatic heterocycles. The highest BCUT2D eigenvalue weighted by molar-refractivity contribution is 6.23. The van der Waals surface area contributed by atoms with Crippen molar-refractivity contribution in [2.75, 3.05) is 49.1 Å². The monoisotopic (exact) mass is 703 g/mol. The predicted molar refractivity (Wildman–Crippen MR) is 190 cm³/mol. The molecular formula is C37H37N9O6. The Morgan fingerprint density at radius 1 is 0.865 bits per heavy atom. The Morgan fingerprint density at radius 2 is 1.63 bits per heavy atom. The van der Waals surface area contributed by atoms with Crippen LogP contribution >= 0.6 is 0 Å². The number of aromatic amines is 1. The van der Waals surface area contributed by atoms with Crippen molar-refractivity contribution in [1.29, 1.82) is 0 Å². The summed E-state index contributed by atoms with van der Waals surface area (Å²) in [5.41, 5.74) is 5.70. The lowest BCUT2D eigenvalue weighted by Gasteiger charge is -2.41. The molecule has 0 aliphatic carbocycles. The summed E-state index contributed by atoms with van der Waals surface area (Å²) >= 11 is 0. The second kappa shape index (κ2) is 13.3. The Morgan fingerprint density at radius 3 is 2.37 bits per heavy atom. The Bertz CT molecular complexity index is 2190. The molecule has 0 unspecified atom stereocenters. The SMILES string of the molecule is CCc1cc2ncc(CN3CCN(c4ccc(C(=O)NC5CN(c6ccc7c(c6)C(=O)N([C@H]6CCC(=O)NC6=O)C7=O)C5)nc4)CC3)cc2[nH]c1=O. The van der Waals surface area contributed by atoms with Gasteiger partial charge in [0.2, 0.25) is 11.8 Å². The summed E-state index contributed by atoms with van der Waals surface area (Å²) < 4.78 is 0. The molecule has 0 spiro atoms. The minimum atomic E-state index is -1.01. The number of nitrogens with zero attached hydrogens (tertiary/aromatic N) is 6. The molecule has 8 rings (SSSR count). The van der Waals surface area contributed by atoms with E-state index < -0.39 is 29.7 Å². The molecule has 7 heterocycles. The number of carbonyl (C=O) groups is 5. The maximum Gasteiger partial charge on any atom is 0.270 e. The van der Waals surface area contributed by atoms with Gasteiger partial charge in [-0.1, -0.05) is 6.92 Å². The third-order valence-corrected chi connectivity index (χ3v) is 10.3. The largest absolute Gasteiger partial charge is 0.368 e. The van der Waals surface area contributed by atoms with Gasteiger partial charge in [0.25, 0.3) is 23.3 Å². The number of piperazine rings is 1. The summed E-state index contributed by atoms with van der Waals surface area (Å²) in [5.74, 6) is -2.44. The number of imide groups is 2. The van der Waals surface area contributed by atoms with Gasteiger partial charge in [0.1, 0.15) is 11.7 Å². The van der Waals surface area contributed by atoms with Gasteiger partial charge in [-0.3, -0.25) is 48.9 Å². The number of piperidine rings is 1. The highest BCUT2D eigenvalue weighted by Crippen LogP contribution is 2.32. The fourth-order valence-corrected chi connectivity index (χ4v) is 7.34. The molecule has 1 atom stereocenters. The van der Waals surface area contributed by atoms with Gasteiger partial charge in [-0.05, 0) is 60.9 Å². The van der Waals surface area contributed by atoms with Crippen molar-refractivity contribution < 1.29 is 24.0 Å². The maximum atomic E-state index is 13.2. The number of aromatic nitrogens is 3. The van der Waals surface area contributed by atoms with E-state index in [-0.39, 0.29) is 41.5 Å². The number of hydrogen-bond acceptors (Lipinski definition) is 11. The highest BCUT2D eigenvalue weighted by atomic mass is 16.2. The molecule has 5 amide bonds. The summed E-state index contributed by atoms with van der Waals surface area (Å²) in [6, 6.07) is 11.3. The summed E-state index contributed by atoms with van der Waals surface area (Å²) in [6.45, 7) is 7.01. The molecule has 3 fully saturated rings. The van der Waals surface area contributed by atoms with E-state index in [2.05, 4.69) is 35.4 Å². The molecule has 15 nitrogen and oxygen atoms in total. The van der Waals surface area contributed by atoms with Crippen LogP contribution in [0.2, 0.25) is 0 Å². The van der Waals surface area contributed by atoms with Gasteiger partial charge in [0.15, 0.2) is 0 Å². The first-order chi connectivity index (χ1) is 25.1. The molecule has 4 aliphatic rings. The number of H-pyrrole nitrogens is 1. The zero-order chi connectivity index (χ0) is 36.1. The number of rotatable bonds is 8. The molecule has 3 saturated heterocycles. The molecule has 4 aromatic rings. The average molecular weight is 704 g/mol. The molecule has 3 N–H and O–H groups in total. The van der Waals surface area contributed by atoms with Gasteiger partial charge in [-0.2, -0.15) is 0 Å². The molecule has 3 aromatic heterocycles. The van der Waals surface area contributed by atoms with E-state index in [1.54, 1.807) is 30.5 Å². The lowest BCUT2D eigenvalue weighted by molar-refractivity contribution is -0.136. The molecular weight excluding hydrogens is 666 g/mol. The Balaban J connectivity index is 0.814. The van der Waals surface area contributed by atoms with E-state index in [9.17, 15) is 28.8 Å². The summed E-state index contributed by atoms with van der Waals surface area (Å²) in [4.78, 5) is 94.9. The van der Waals surface area contributed by atoms with Crippen LogP contribution in [0.15, 0.2) is 59.7 Å². The van der Waals surface area contributed by atoms with Crippen LogP contribution < -0.4 is 26.0 Å². The topological polar surface area (TPSA) is 181 Å². The van der Waals surface area contributed by atoms with E-state index in [1.165, 1.54) is 0 Å². The maximum absolute atomic E-state index is 13.2. The van der Waals surface area contributed by atoms with E-state index >= 15 is 0 Å². The van der Waals surface area contributed by atoms with E-state index in [0.717, 1.165) is 71.2 Å². The normalized spacial score (nSPS) is 19.6. The van der Waals surface area contributed by atoms with Crippen LogP contribution in [0.25, 0.3) is 11.0 Å². The van der Waals surface area contributed by atoms with Crippen molar-refractivity contribution in [1.82, 2.24) is 35.4 Å². The second-order valence-corrected chi connectivity index (χ2v) is 13.7. The van der Waals surface area contributed by atoms with Gasteiger partial charge in [0, 0.05) is 69.7 Å². The van der Waals surface area contributed by atoms with Crippen LogP contribution in [0.3, 0.4) is 0 Å². The first-order valence-corrected chi connectivity index (χ1v) is 17.5. The molecule has 1 aromatic carbocycles. The van der Waals surface area contributed by atoms with Crippen LogP contribution in [0.5, 0.6) is 0 Å². The number of aryl methyl sites for hydroxylation is 1. The number of pyridine rings is 3. The highest BCUT2D eigenvalue weighted by Gasteiger charge is 2.45. The fourth-order valence-electron chi connectivity index (χ4n) is 7.34. The zero-order valence-electron chi connectivity index (χ0n) is 28.6. The van der Waals surface area contributed by atoms with Gasteiger partial charge >= 0.3 is 0 Å². The van der Waals surface area contributed by atoms with Gasteiger partial charge in [0.05, 0.1) is 40.1 Å². The number of fused-ring (bicyclic) bond motifs is 2. The lowest BCUT2D eigenvalue weighted by Crippen LogP contribution is -2.59. The van der Waals surface area contributed by atoms with Crippen LogP contribution in [0.4, 0.5) is 11.4 Å². The standard InChI is InChI=1S/C37H37N9O6/c1-2-22-14-29-30(41-33(22)48)13-21(16-38-29)18-43-9-11-44(12-10-43)25-4-6-28(39-17-25)34(49)40-23-19-45(20-23)24-3-5-26-27(15-24)37(52)46(36(26)51)31-7-8-32(47)42-35(31)50/h3-6,13-17,23,31H,2,7-12,18-20H2,1H3,(H,40,49)(H,41,48)(H,42,47,50)/t31-/m0/s1. The molecule has 52 heavy (non-hydrogen) atoms. The number of anilines is 2. The van der Waals surface area contributed by atoms with Crippen LogP contribution in [0, 0.1) is 0 Å². The third-order valence-electron chi connectivity index (χ3n) is 10.3. The van der Waals surface area contributed by atoms with Crippen molar-refractivity contribution in [3.05, 3.63) is 93.2 Å². The molecule has 15 heteroatoms. The van der Waals surface area contributed by atoms with Crippen LogP contribution in [-0.2, 0) is 22.6 Å². The minimum absolute atomic E-state index is 0.0612. The Kier molecular flexibility index (Phi) is 8.49. The van der Waals surface area contributed by atoms with Gasteiger partial charge in [-0.15, -0.1) is 0 Å². The number of amides is 5. The van der Waals surface area contributed by atoms with Crippen LogP contribution in [0.1, 0.15) is 62.1 Å². The van der Waals surface area contributed by atoms with Crippen molar-refractivity contribution in [3.63, 3.8) is 0 Å².